The van der Waals surface area contributed by atoms with Gasteiger partial charge in [0.25, 0.3) is 0 Å². The highest BCUT2D eigenvalue weighted by Gasteiger charge is 2.41. The van der Waals surface area contributed by atoms with Crippen LogP contribution in [0.4, 0.5) is 23.4 Å². The molecule has 5 heterocycles. The van der Waals surface area contributed by atoms with E-state index < -0.39 is 12.0 Å². The molecule has 0 saturated carbocycles. The molecular formula is C25H25ClF4N6O2. The Kier molecular flexibility index (Phi) is 6.43. The largest absolute Gasteiger partial charge is 0.573 e. The average Bonchev–Trinajstić information content (AvgIpc) is 3.19. The lowest BCUT2D eigenvalue weighted by Crippen LogP contribution is -2.53. The van der Waals surface area contributed by atoms with Crippen molar-refractivity contribution >= 4 is 17.4 Å². The van der Waals surface area contributed by atoms with Gasteiger partial charge in [0.2, 0.25) is 0 Å². The standard InChI is InChI=1S/C25H25ClF4N6O2/c26-18-3-4-19-17(10-18)11-34(13-24(27)14-37-15-24)12-21-32-33-22(36(19)21)16-5-8-35(9-6-16)23-20(2-1-7-31-23)38-25(28,29)30/h1-4,7,10,16H,5-6,8-9,11-15H2. The lowest BCUT2D eigenvalue weighted by atomic mass is 9.95. The summed E-state index contributed by atoms with van der Waals surface area (Å²) in [5, 5.41) is 9.61. The Morgan fingerprint density at radius 3 is 2.61 bits per heavy atom. The summed E-state index contributed by atoms with van der Waals surface area (Å²) in [6.45, 7) is 2.24. The summed E-state index contributed by atoms with van der Waals surface area (Å²) < 4.78 is 64.9. The second-order valence-electron chi connectivity index (χ2n) is 10.0. The first-order valence-corrected chi connectivity index (χ1v) is 12.7. The van der Waals surface area contributed by atoms with Crippen molar-refractivity contribution < 1.29 is 27.0 Å². The van der Waals surface area contributed by atoms with Gasteiger partial charge in [0.15, 0.2) is 23.1 Å². The van der Waals surface area contributed by atoms with Crippen LogP contribution >= 0.6 is 11.6 Å². The zero-order valence-electron chi connectivity index (χ0n) is 20.3. The number of hydrogen-bond donors (Lipinski definition) is 0. The van der Waals surface area contributed by atoms with Gasteiger partial charge in [0.1, 0.15) is 5.82 Å². The fourth-order valence-corrected chi connectivity index (χ4v) is 5.65. The lowest BCUT2D eigenvalue weighted by molar-refractivity contribution is -0.274. The monoisotopic (exact) mass is 552 g/mol. The molecule has 6 rings (SSSR count). The molecule has 0 N–H and O–H groups in total. The first kappa shape index (κ1) is 25.3. The summed E-state index contributed by atoms with van der Waals surface area (Å²) in [5.41, 5.74) is 0.461. The minimum absolute atomic E-state index is 0.0193. The van der Waals surface area contributed by atoms with Crippen LogP contribution in [0, 0.1) is 0 Å². The highest BCUT2D eigenvalue weighted by Crippen LogP contribution is 2.37. The van der Waals surface area contributed by atoms with E-state index in [0.717, 1.165) is 17.1 Å². The Bertz CT molecular complexity index is 1320. The third kappa shape index (κ3) is 5.04. The Morgan fingerprint density at radius 1 is 1.11 bits per heavy atom. The maximum absolute atomic E-state index is 14.9. The number of nitrogens with zero attached hydrogens (tertiary/aromatic N) is 6. The smallest absolute Gasteiger partial charge is 0.402 e. The van der Waals surface area contributed by atoms with E-state index in [-0.39, 0.29) is 37.2 Å². The van der Waals surface area contributed by atoms with Crippen molar-refractivity contribution in [3.05, 3.63) is 58.8 Å². The molecule has 0 spiro atoms. The van der Waals surface area contributed by atoms with Gasteiger partial charge in [-0.3, -0.25) is 9.47 Å². The van der Waals surface area contributed by atoms with Crippen molar-refractivity contribution in [3.63, 3.8) is 0 Å². The minimum atomic E-state index is -4.80. The molecule has 0 unspecified atom stereocenters. The number of anilines is 1. The Labute approximate surface area is 221 Å². The fraction of sp³-hybridized carbons (Fsp3) is 0.480. The van der Waals surface area contributed by atoms with Crippen LogP contribution in [0.1, 0.15) is 36.0 Å². The highest BCUT2D eigenvalue weighted by molar-refractivity contribution is 6.30. The zero-order chi connectivity index (χ0) is 26.5. The number of ether oxygens (including phenoxy) is 2. The summed E-state index contributed by atoms with van der Waals surface area (Å²) in [5.74, 6) is 1.35. The molecule has 8 nitrogen and oxygen atoms in total. The number of pyridine rings is 1. The number of fused-ring (bicyclic) bond motifs is 3. The van der Waals surface area contributed by atoms with Crippen LogP contribution in [0.15, 0.2) is 36.5 Å². The molecule has 1 aromatic carbocycles. The molecule has 2 saturated heterocycles. The average molecular weight is 553 g/mol. The molecule has 3 aliphatic heterocycles. The van der Waals surface area contributed by atoms with E-state index in [2.05, 4.69) is 19.9 Å². The van der Waals surface area contributed by atoms with Crippen LogP contribution in [-0.2, 0) is 17.8 Å². The number of rotatable bonds is 5. The molecule has 2 fully saturated rings. The van der Waals surface area contributed by atoms with E-state index in [1.807, 2.05) is 27.7 Å². The van der Waals surface area contributed by atoms with Crippen molar-refractivity contribution in [2.24, 2.45) is 0 Å². The van der Waals surface area contributed by atoms with Gasteiger partial charge in [-0.05, 0) is 48.7 Å². The van der Waals surface area contributed by atoms with Crippen molar-refractivity contribution in [2.45, 2.75) is 43.9 Å². The van der Waals surface area contributed by atoms with Crippen molar-refractivity contribution in [1.82, 2.24) is 24.6 Å². The normalized spacial score (nSPS) is 19.9. The van der Waals surface area contributed by atoms with Crippen molar-refractivity contribution in [3.8, 4) is 11.4 Å². The minimum Gasteiger partial charge on any atom is -0.402 e. The van der Waals surface area contributed by atoms with Crippen LogP contribution < -0.4 is 9.64 Å². The maximum Gasteiger partial charge on any atom is 0.573 e. The second-order valence-corrected chi connectivity index (χ2v) is 10.4. The molecule has 202 valence electrons. The van der Waals surface area contributed by atoms with Crippen LogP contribution in [0.5, 0.6) is 5.75 Å². The predicted molar refractivity (Wildman–Crippen MR) is 130 cm³/mol. The topological polar surface area (TPSA) is 68.5 Å². The lowest BCUT2D eigenvalue weighted by Gasteiger charge is -2.37. The van der Waals surface area contributed by atoms with E-state index in [1.165, 1.54) is 18.3 Å². The maximum atomic E-state index is 14.9. The Balaban J connectivity index is 1.25. The number of alkyl halides is 4. The van der Waals surface area contributed by atoms with Gasteiger partial charge in [0.05, 0.1) is 25.4 Å². The molecule has 13 heteroatoms. The summed E-state index contributed by atoms with van der Waals surface area (Å²) in [6.07, 6.45) is -2.07. The van der Waals surface area contributed by atoms with Crippen molar-refractivity contribution in [2.75, 3.05) is 37.7 Å². The molecule has 0 atom stereocenters. The number of hydrogen-bond acceptors (Lipinski definition) is 7. The van der Waals surface area contributed by atoms with Crippen LogP contribution in [-0.4, -0.2) is 69.5 Å². The van der Waals surface area contributed by atoms with Gasteiger partial charge in [-0.2, -0.15) is 0 Å². The molecule has 0 bridgehead atoms. The zero-order valence-corrected chi connectivity index (χ0v) is 21.1. The molecule has 0 aliphatic carbocycles. The van der Waals surface area contributed by atoms with Gasteiger partial charge < -0.3 is 14.4 Å². The molecule has 2 aromatic heterocycles. The Morgan fingerprint density at radius 2 is 1.89 bits per heavy atom. The van der Waals surface area contributed by atoms with E-state index >= 15 is 0 Å². The predicted octanol–water partition coefficient (Wildman–Crippen LogP) is 4.65. The van der Waals surface area contributed by atoms with E-state index in [4.69, 9.17) is 16.3 Å². The fourth-order valence-electron chi connectivity index (χ4n) is 5.46. The first-order chi connectivity index (χ1) is 18.2. The van der Waals surface area contributed by atoms with E-state index in [9.17, 15) is 17.6 Å². The number of piperidine rings is 1. The van der Waals surface area contributed by atoms with Gasteiger partial charge in [0, 0.05) is 43.3 Å². The molecule has 0 radical (unpaired) electrons. The molecule has 3 aromatic rings. The van der Waals surface area contributed by atoms with Gasteiger partial charge in [-0.1, -0.05) is 11.6 Å². The third-order valence-electron chi connectivity index (χ3n) is 7.16. The molecular weight excluding hydrogens is 528 g/mol. The van der Waals surface area contributed by atoms with Crippen molar-refractivity contribution in [1.29, 1.82) is 0 Å². The van der Waals surface area contributed by atoms with Gasteiger partial charge in [-0.15, -0.1) is 23.4 Å². The Hall–Kier alpha value is -2.96. The summed E-state index contributed by atoms with van der Waals surface area (Å²) in [4.78, 5) is 7.95. The summed E-state index contributed by atoms with van der Waals surface area (Å²) in [6, 6.07) is 8.31. The first-order valence-electron chi connectivity index (χ1n) is 12.4. The van der Waals surface area contributed by atoms with E-state index in [0.29, 0.717) is 49.9 Å². The van der Waals surface area contributed by atoms with Crippen LogP contribution in [0.25, 0.3) is 5.69 Å². The second kappa shape index (κ2) is 9.65. The third-order valence-corrected chi connectivity index (χ3v) is 7.40. The summed E-state index contributed by atoms with van der Waals surface area (Å²) in [7, 11) is 0. The molecule has 0 amide bonds. The SMILES string of the molecule is FC1(CN2Cc3cc(Cl)ccc3-n3c(nnc3C3CCN(c4ncccc4OC(F)(F)F)CC3)C2)COC1. The number of halogens is 5. The molecule has 3 aliphatic rings. The van der Waals surface area contributed by atoms with Crippen LogP contribution in [0.3, 0.4) is 0 Å². The number of benzene rings is 1. The summed E-state index contributed by atoms with van der Waals surface area (Å²) >= 11 is 6.32. The van der Waals surface area contributed by atoms with Gasteiger partial charge >= 0.3 is 6.36 Å². The molecule has 38 heavy (non-hydrogen) atoms. The quantitative estimate of drug-likeness (QED) is 0.427. The van der Waals surface area contributed by atoms with Gasteiger partial charge in [-0.25, -0.2) is 9.37 Å². The number of aromatic nitrogens is 4. The highest BCUT2D eigenvalue weighted by atomic mass is 35.5. The van der Waals surface area contributed by atoms with E-state index in [1.54, 1.807) is 4.90 Å². The van der Waals surface area contributed by atoms with Crippen LogP contribution in [0.2, 0.25) is 5.02 Å².